The van der Waals surface area contributed by atoms with Crippen LogP contribution in [0.3, 0.4) is 0 Å². The standard InChI is InChI=1S/C14H18N6OS/c1-9(13(21)16-14-15-4-7-22-14)19-5-6-20-11(8-19)17-18-12(20)10-2-3-10/h4,7,9-10H,2-3,5-6,8H2,1H3,(H,15,16,21). The number of amides is 1. The number of anilines is 1. The number of hydrogen-bond acceptors (Lipinski definition) is 6. The second-order valence-electron chi connectivity index (χ2n) is 5.87. The van der Waals surface area contributed by atoms with Crippen molar-refractivity contribution in [2.45, 2.75) is 44.8 Å². The summed E-state index contributed by atoms with van der Waals surface area (Å²) in [5, 5.41) is 14.0. The van der Waals surface area contributed by atoms with Gasteiger partial charge >= 0.3 is 0 Å². The molecule has 1 unspecified atom stereocenters. The fourth-order valence-corrected chi connectivity index (χ4v) is 3.37. The van der Waals surface area contributed by atoms with Crippen LogP contribution in [0.15, 0.2) is 11.6 Å². The van der Waals surface area contributed by atoms with E-state index in [2.05, 4.69) is 30.0 Å². The van der Waals surface area contributed by atoms with Crippen LogP contribution in [-0.2, 0) is 17.9 Å². The number of thiazole rings is 1. The molecule has 2 aromatic heterocycles. The van der Waals surface area contributed by atoms with E-state index in [1.807, 2.05) is 12.3 Å². The van der Waals surface area contributed by atoms with E-state index in [-0.39, 0.29) is 11.9 Å². The van der Waals surface area contributed by atoms with Gasteiger partial charge in [0, 0.05) is 30.6 Å². The zero-order chi connectivity index (χ0) is 15.1. The van der Waals surface area contributed by atoms with Gasteiger partial charge in [0.05, 0.1) is 12.6 Å². The first kappa shape index (κ1) is 13.8. The number of carbonyl (C=O) groups excluding carboxylic acids is 1. The summed E-state index contributed by atoms with van der Waals surface area (Å²) >= 11 is 1.43. The van der Waals surface area contributed by atoms with Crippen molar-refractivity contribution in [1.29, 1.82) is 0 Å². The fraction of sp³-hybridized carbons (Fsp3) is 0.571. The van der Waals surface area contributed by atoms with Gasteiger partial charge in [0.2, 0.25) is 5.91 Å². The molecule has 7 nitrogen and oxygen atoms in total. The Morgan fingerprint density at radius 1 is 1.41 bits per heavy atom. The summed E-state index contributed by atoms with van der Waals surface area (Å²) in [5.74, 6) is 2.69. The first-order valence-corrected chi connectivity index (χ1v) is 8.46. The molecule has 1 atom stereocenters. The highest BCUT2D eigenvalue weighted by Crippen LogP contribution is 2.39. The zero-order valence-electron chi connectivity index (χ0n) is 12.4. The number of nitrogens with one attached hydrogen (secondary N) is 1. The summed E-state index contributed by atoms with van der Waals surface area (Å²) < 4.78 is 2.24. The lowest BCUT2D eigenvalue weighted by Crippen LogP contribution is -2.46. The molecule has 3 heterocycles. The molecule has 1 fully saturated rings. The van der Waals surface area contributed by atoms with Gasteiger partial charge in [-0.05, 0) is 19.8 Å². The molecule has 0 bridgehead atoms. The minimum Gasteiger partial charge on any atom is -0.312 e. The maximum atomic E-state index is 12.3. The maximum absolute atomic E-state index is 12.3. The SMILES string of the molecule is CC(C(=O)Nc1nccs1)N1CCn2c(nnc2C2CC2)C1. The molecule has 0 spiro atoms. The predicted octanol–water partition coefficient (Wildman–Crippen LogP) is 1.45. The Hall–Kier alpha value is -1.80. The molecule has 1 amide bonds. The van der Waals surface area contributed by atoms with Crippen LogP contribution in [-0.4, -0.2) is 43.1 Å². The van der Waals surface area contributed by atoms with Gasteiger partial charge in [-0.15, -0.1) is 21.5 Å². The lowest BCUT2D eigenvalue weighted by molar-refractivity contribution is -0.121. The molecule has 2 aliphatic rings. The van der Waals surface area contributed by atoms with Gasteiger partial charge in [0.1, 0.15) is 11.6 Å². The Morgan fingerprint density at radius 2 is 2.27 bits per heavy atom. The molecule has 0 aromatic carbocycles. The van der Waals surface area contributed by atoms with Crippen LogP contribution >= 0.6 is 11.3 Å². The summed E-state index contributed by atoms with van der Waals surface area (Å²) in [6.07, 6.45) is 4.15. The number of nitrogens with zero attached hydrogens (tertiary/aromatic N) is 5. The van der Waals surface area contributed by atoms with Crippen LogP contribution in [0.4, 0.5) is 5.13 Å². The van der Waals surface area contributed by atoms with Crippen molar-refractivity contribution in [2.24, 2.45) is 0 Å². The Balaban J connectivity index is 1.43. The summed E-state index contributed by atoms with van der Waals surface area (Å²) in [7, 11) is 0. The number of hydrogen-bond donors (Lipinski definition) is 1. The molecule has 8 heteroatoms. The molecule has 116 valence electrons. The summed E-state index contributed by atoms with van der Waals surface area (Å²) in [6.45, 7) is 4.31. The van der Waals surface area contributed by atoms with Crippen LogP contribution in [0.2, 0.25) is 0 Å². The van der Waals surface area contributed by atoms with Gasteiger partial charge in [-0.1, -0.05) is 0 Å². The van der Waals surface area contributed by atoms with Crippen molar-refractivity contribution in [3.8, 4) is 0 Å². The zero-order valence-corrected chi connectivity index (χ0v) is 13.2. The smallest absolute Gasteiger partial charge is 0.243 e. The molecule has 22 heavy (non-hydrogen) atoms. The van der Waals surface area contributed by atoms with Gasteiger partial charge in [-0.2, -0.15) is 0 Å². The highest BCUT2D eigenvalue weighted by molar-refractivity contribution is 7.13. The minimum absolute atomic E-state index is 0.0228. The van der Waals surface area contributed by atoms with Crippen molar-refractivity contribution in [3.05, 3.63) is 23.2 Å². The molecular weight excluding hydrogens is 300 g/mol. The average Bonchev–Trinajstić information content (AvgIpc) is 3.08. The van der Waals surface area contributed by atoms with E-state index >= 15 is 0 Å². The van der Waals surface area contributed by atoms with Gasteiger partial charge in [0.15, 0.2) is 5.13 Å². The van der Waals surface area contributed by atoms with Gasteiger partial charge in [-0.25, -0.2) is 4.98 Å². The largest absolute Gasteiger partial charge is 0.312 e. The molecule has 0 saturated heterocycles. The highest BCUT2D eigenvalue weighted by atomic mass is 32.1. The molecule has 0 radical (unpaired) electrons. The normalized spacial score (nSPS) is 19.7. The van der Waals surface area contributed by atoms with E-state index in [9.17, 15) is 4.79 Å². The van der Waals surface area contributed by atoms with Crippen molar-refractivity contribution >= 4 is 22.4 Å². The highest BCUT2D eigenvalue weighted by Gasteiger charge is 2.33. The predicted molar refractivity (Wildman–Crippen MR) is 82.6 cm³/mol. The molecule has 1 N–H and O–H groups in total. The van der Waals surface area contributed by atoms with Crippen LogP contribution in [0.1, 0.15) is 37.3 Å². The van der Waals surface area contributed by atoms with Crippen LogP contribution in [0, 0.1) is 0 Å². The van der Waals surface area contributed by atoms with Crippen molar-refractivity contribution < 1.29 is 4.79 Å². The van der Waals surface area contributed by atoms with E-state index in [1.165, 1.54) is 24.2 Å². The van der Waals surface area contributed by atoms with E-state index in [0.717, 1.165) is 24.7 Å². The Bertz CT molecular complexity index is 678. The van der Waals surface area contributed by atoms with E-state index in [4.69, 9.17) is 0 Å². The van der Waals surface area contributed by atoms with Crippen molar-refractivity contribution in [2.75, 3.05) is 11.9 Å². The van der Waals surface area contributed by atoms with Crippen molar-refractivity contribution in [3.63, 3.8) is 0 Å². The third-order valence-corrected chi connectivity index (χ3v) is 5.03. The quantitative estimate of drug-likeness (QED) is 0.923. The lowest BCUT2D eigenvalue weighted by Gasteiger charge is -2.31. The molecule has 1 saturated carbocycles. The third kappa shape index (κ3) is 2.52. The van der Waals surface area contributed by atoms with E-state index in [0.29, 0.717) is 17.6 Å². The fourth-order valence-electron chi connectivity index (χ4n) is 2.83. The second kappa shape index (κ2) is 5.44. The van der Waals surface area contributed by atoms with Gasteiger partial charge < -0.3 is 9.88 Å². The number of aromatic nitrogens is 4. The molecule has 1 aliphatic heterocycles. The minimum atomic E-state index is -0.210. The van der Waals surface area contributed by atoms with Crippen molar-refractivity contribution in [1.82, 2.24) is 24.6 Å². The first-order valence-electron chi connectivity index (χ1n) is 7.59. The summed E-state index contributed by atoms with van der Waals surface area (Å²) in [6, 6.07) is -0.210. The van der Waals surface area contributed by atoms with Gasteiger partial charge in [0.25, 0.3) is 0 Å². The third-order valence-electron chi connectivity index (χ3n) is 4.34. The first-order chi connectivity index (χ1) is 10.7. The Kier molecular flexibility index (Phi) is 3.42. The molecule has 4 rings (SSSR count). The molecular formula is C14H18N6OS. The second-order valence-corrected chi connectivity index (χ2v) is 6.77. The Morgan fingerprint density at radius 3 is 3.00 bits per heavy atom. The maximum Gasteiger partial charge on any atom is 0.243 e. The van der Waals surface area contributed by atoms with Crippen LogP contribution in [0.25, 0.3) is 0 Å². The summed E-state index contributed by atoms with van der Waals surface area (Å²) in [5.41, 5.74) is 0. The number of rotatable bonds is 4. The average molecular weight is 318 g/mol. The van der Waals surface area contributed by atoms with Crippen LogP contribution < -0.4 is 5.32 Å². The lowest BCUT2D eigenvalue weighted by atomic mass is 10.2. The Labute approximate surface area is 132 Å². The molecule has 1 aliphatic carbocycles. The summed E-state index contributed by atoms with van der Waals surface area (Å²) in [4.78, 5) is 18.5. The topological polar surface area (TPSA) is 75.9 Å². The van der Waals surface area contributed by atoms with Gasteiger partial charge in [-0.3, -0.25) is 9.69 Å². The van der Waals surface area contributed by atoms with E-state index in [1.54, 1.807) is 6.20 Å². The number of carbonyl (C=O) groups is 1. The monoisotopic (exact) mass is 318 g/mol. The van der Waals surface area contributed by atoms with Crippen LogP contribution in [0.5, 0.6) is 0 Å². The number of fused-ring (bicyclic) bond motifs is 1. The molecule has 2 aromatic rings. The van der Waals surface area contributed by atoms with E-state index < -0.39 is 0 Å².